The van der Waals surface area contributed by atoms with E-state index < -0.39 is 191 Å². The fourth-order valence-corrected chi connectivity index (χ4v) is 2.64. The van der Waals surface area contributed by atoms with Gasteiger partial charge in [-0.3, -0.25) is 0 Å². The lowest BCUT2D eigenvalue weighted by Gasteiger charge is -2.20. The maximum Gasteiger partial charge on any atom is 0.288 e. The molecule has 0 heterocycles. The fraction of sp³-hybridized carbons (Fsp3) is 1.00. The molecule has 11 atom stereocenters. The largest absolute Gasteiger partial charge is 0.364 e. The third-order valence-corrected chi connectivity index (χ3v) is 6.26. The molecule has 0 rings (SSSR count). The van der Waals surface area contributed by atoms with Crippen LogP contribution < -0.4 is 0 Å². The number of hydrogen-bond donors (Lipinski definition) is 10. The van der Waals surface area contributed by atoms with Crippen LogP contribution in [0.25, 0.3) is 0 Å². The first kappa shape index (κ1) is 106. The molecule has 11 unspecified atom stereocenters. The maximum absolute atomic E-state index is 11.9. The van der Waals surface area contributed by atoms with Gasteiger partial charge in [-0.05, 0) is 13.8 Å². The number of halogens is 30. The van der Waals surface area contributed by atoms with Gasteiger partial charge in [0.05, 0.1) is 0 Å². The topological polar surface area (TPSA) is 313 Å². The van der Waals surface area contributed by atoms with E-state index in [9.17, 15) is 132 Å². The minimum absolute atomic E-state index is 0.103. The fourth-order valence-electron chi connectivity index (χ4n) is 2.64. The Morgan fingerprint density at radius 2 is 0.444 bits per heavy atom. The van der Waals surface area contributed by atoms with Gasteiger partial charge in [0.15, 0.2) is 0 Å². The number of aliphatic hydroxyl groups is 10. The first-order valence-corrected chi connectivity index (χ1v) is 22.3. The van der Waals surface area contributed by atoms with Gasteiger partial charge in [-0.25, -0.2) is 132 Å². The number of rotatable bonds is 35. The normalized spacial score (nSPS) is 15.4. The van der Waals surface area contributed by atoms with Gasteiger partial charge in [0.25, 0.3) is 96.4 Å². The van der Waals surface area contributed by atoms with Crippen LogP contribution in [0, 0.1) is 0 Å². The van der Waals surface area contributed by atoms with Gasteiger partial charge in [0.2, 0.25) is 81.8 Å². The Balaban J connectivity index is -0.000000119. The second kappa shape index (κ2) is 66.1. The number of hydrogen-bond acceptors (Lipinski definition) is 22. The summed E-state index contributed by atoms with van der Waals surface area (Å²) in [6.45, 7) is 0.339. The van der Waals surface area contributed by atoms with Crippen LogP contribution in [0.5, 0.6) is 0 Å². The second-order valence-corrected chi connectivity index (χ2v) is 13.2. The molecule has 0 bridgehead atoms. The van der Waals surface area contributed by atoms with Crippen molar-refractivity contribution >= 4 is 0 Å². The van der Waals surface area contributed by atoms with Crippen LogP contribution in [-0.4, -0.2) is 284 Å². The average molecular weight is 1440 g/mol. The third kappa shape index (κ3) is 75.7. The lowest BCUT2D eigenvalue weighted by molar-refractivity contribution is -0.298. The molecule has 0 aliphatic rings. The zero-order valence-corrected chi connectivity index (χ0v) is 45.7. The molecule has 0 aliphatic carbocycles. The van der Waals surface area contributed by atoms with Crippen molar-refractivity contribution in [2.75, 3.05) is 54.9 Å². The Hall–Kier alpha value is -2.98. The van der Waals surface area contributed by atoms with Crippen LogP contribution >= 0.6 is 0 Å². The first-order valence-electron chi connectivity index (χ1n) is 22.3. The van der Waals surface area contributed by atoms with Gasteiger partial charge < -0.3 is 108 Å². The van der Waals surface area contributed by atoms with Crippen molar-refractivity contribution in [3.05, 3.63) is 0 Å². The van der Waals surface area contributed by atoms with Crippen molar-refractivity contribution in [2.24, 2.45) is 0 Å². The standard InChI is InChI=1S/C6H8F6O3.C6H10F4O3.C5H8F4O3.C4H6F4O3.C4H6F4O2.2C4H8F2O2.C3H6F2O2.C2H4F2O2/c7-2(8)1-14-6(4(11)12)15-5(13)3(9)10;1-2-12-6(4(9)10)13-5(11)3(7)8;1-11-5(3(8)9)12-4(10)2(6)7;5-1(6)3(9)11-4(10)2(7)8;5-2(6)1-10-4(9)3(7)8;1-7-4(8-2)3(5)6;1-2-8-4(7)3(5)6;1-7-3(6)2(4)5;3-1(4)2(5)6/h2-6,13H,1H2;3-6,11H,2H2,1H3;2-5,10H,1H3;1-4,9-10H;2-4,9H,1H2;3-4H,1-2H3;3-4,7H,2H2,1H3;2-3,6H,1H3;1-2,5-6H. The lowest BCUT2D eigenvalue weighted by atomic mass is 10.6. The van der Waals surface area contributed by atoms with Gasteiger partial charge in [0, 0.05) is 41.7 Å². The van der Waals surface area contributed by atoms with Gasteiger partial charge in [-0.2, -0.15) is 0 Å². The van der Waals surface area contributed by atoms with E-state index in [1.165, 1.54) is 28.1 Å². The van der Waals surface area contributed by atoms with E-state index in [2.05, 4.69) is 56.8 Å². The van der Waals surface area contributed by atoms with Crippen LogP contribution in [0.1, 0.15) is 13.8 Å². The highest BCUT2D eigenvalue weighted by atomic mass is 19.3. The summed E-state index contributed by atoms with van der Waals surface area (Å²) in [6.07, 6.45) is -76.6. The van der Waals surface area contributed by atoms with Crippen LogP contribution in [0.3, 0.4) is 0 Å². The Morgan fingerprint density at radius 3 is 0.611 bits per heavy atom. The zero-order chi connectivity index (χ0) is 73.5. The molecular formula is C38H64F30O22. The van der Waals surface area contributed by atoms with E-state index in [1.807, 2.05) is 0 Å². The molecule has 90 heavy (non-hydrogen) atoms. The summed E-state index contributed by atoms with van der Waals surface area (Å²) in [5, 5.41) is 80.2. The minimum atomic E-state index is -3.43. The van der Waals surface area contributed by atoms with Crippen molar-refractivity contribution < 1.29 is 240 Å². The van der Waals surface area contributed by atoms with Gasteiger partial charge >= 0.3 is 0 Å². The highest BCUT2D eigenvalue weighted by Gasteiger charge is 2.32. The number of alkyl halides is 30. The molecule has 0 aliphatic heterocycles. The molecule has 0 saturated heterocycles. The van der Waals surface area contributed by atoms with E-state index in [4.69, 9.17) is 51.1 Å². The molecule has 0 spiro atoms. The van der Waals surface area contributed by atoms with Crippen molar-refractivity contribution in [2.45, 2.75) is 192 Å². The van der Waals surface area contributed by atoms with Crippen molar-refractivity contribution in [1.82, 2.24) is 0 Å². The van der Waals surface area contributed by atoms with E-state index in [0.29, 0.717) is 0 Å². The van der Waals surface area contributed by atoms with E-state index >= 15 is 0 Å². The maximum atomic E-state index is 11.9. The first-order chi connectivity index (χ1) is 41.0. The van der Waals surface area contributed by atoms with E-state index in [0.717, 1.165) is 14.2 Å². The Bertz CT molecular complexity index is 1410. The zero-order valence-electron chi connectivity index (χ0n) is 45.7. The van der Waals surface area contributed by atoms with Crippen molar-refractivity contribution in [3.8, 4) is 0 Å². The number of ether oxygens (including phenoxy) is 12. The third-order valence-electron chi connectivity index (χ3n) is 6.26. The minimum Gasteiger partial charge on any atom is -0.364 e. The van der Waals surface area contributed by atoms with Gasteiger partial charge in [-0.15, -0.1) is 0 Å². The monoisotopic (exact) mass is 1440 g/mol. The number of methoxy groups -OCH3 is 4. The average Bonchev–Trinajstić information content (AvgIpc) is 3.65. The molecule has 0 fully saturated rings. The molecule has 0 aromatic rings. The van der Waals surface area contributed by atoms with E-state index in [-0.39, 0.29) is 13.2 Å². The lowest BCUT2D eigenvalue weighted by Crippen LogP contribution is -2.35. The highest BCUT2D eigenvalue weighted by Crippen LogP contribution is 2.16. The van der Waals surface area contributed by atoms with Gasteiger partial charge in [-0.1, -0.05) is 0 Å². The summed E-state index contributed by atoms with van der Waals surface area (Å²) >= 11 is 0. The highest BCUT2D eigenvalue weighted by molar-refractivity contribution is 4.54. The quantitative estimate of drug-likeness (QED) is 0.0266. The summed E-state index contributed by atoms with van der Waals surface area (Å²) in [6, 6.07) is 0. The Labute approximate surface area is 487 Å². The molecule has 22 nitrogen and oxygen atoms in total. The molecule has 0 amide bonds. The van der Waals surface area contributed by atoms with E-state index in [1.54, 1.807) is 0 Å². The van der Waals surface area contributed by atoms with Crippen LogP contribution in [-0.2, 0) is 56.8 Å². The summed E-state index contributed by atoms with van der Waals surface area (Å²) in [7, 11) is 4.20. The molecule has 0 aromatic heterocycles. The number of aliphatic hydroxyl groups excluding tert-OH is 9. The molecule has 52 heteroatoms. The molecule has 0 aromatic carbocycles. The predicted molar refractivity (Wildman–Crippen MR) is 229 cm³/mol. The Kier molecular flexibility index (Phi) is 77.6. The smallest absolute Gasteiger partial charge is 0.288 e. The van der Waals surface area contributed by atoms with Crippen molar-refractivity contribution in [3.63, 3.8) is 0 Å². The molecule has 0 saturated carbocycles. The molecule has 558 valence electrons. The summed E-state index contributed by atoms with van der Waals surface area (Å²) in [5.41, 5.74) is 0. The summed E-state index contributed by atoms with van der Waals surface area (Å²) in [4.78, 5) is 0. The SMILES string of the molecule is CCOC(O)C(F)F.CCOC(OC(O)C(F)F)C(F)F.COC(O)C(F)F.COC(OC(O)C(F)F)C(F)F.COC(OC)C(F)F.OC(O)C(F)F.OC(OC(O)C(F)F)C(F)F.OC(OC(OCC(F)F)C(F)F)C(F)F.OC(OCC(F)F)C(F)F. The molecule has 10 N–H and O–H groups in total. The predicted octanol–water partition coefficient (Wildman–Crippen LogP) is 5.77. The molecule has 0 radical (unpaired) electrons. The van der Waals surface area contributed by atoms with Crippen LogP contribution in [0.2, 0.25) is 0 Å². The Morgan fingerprint density at radius 1 is 0.222 bits per heavy atom. The summed E-state index contributed by atoms with van der Waals surface area (Å²) < 4.78 is 389. The van der Waals surface area contributed by atoms with Crippen LogP contribution in [0.15, 0.2) is 0 Å². The van der Waals surface area contributed by atoms with Gasteiger partial charge in [0.1, 0.15) is 13.2 Å². The summed E-state index contributed by atoms with van der Waals surface area (Å²) in [5.74, 6) is 0. The molecular weight excluding hydrogens is 1380 g/mol. The van der Waals surface area contributed by atoms with Crippen molar-refractivity contribution in [1.29, 1.82) is 0 Å². The second-order valence-electron chi connectivity index (χ2n) is 13.2. The van der Waals surface area contributed by atoms with Crippen LogP contribution in [0.4, 0.5) is 132 Å².